The summed E-state index contributed by atoms with van der Waals surface area (Å²) in [5, 5.41) is 8.89. The highest BCUT2D eigenvalue weighted by atomic mass is 19.2. The molecule has 116 valence electrons. The van der Waals surface area contributed by atoms with Gasteiger partial charge in [0.1, 0.15) is 0 Å². The molecule has 1 unspecified atom stereocenters. The molecule has 0 bridgehead atoms. The van der Waals surface area contributed by atoms with Gasteiger partial charge < -0.3 is 5.11 Å². The topological polar surface area (TPSA) is 40.5 Å². The smallest absolute Gasteiger partial charge is 0.169 e. The molecule has 0 saturated carbocycles. The van der Waals surface area contributed by atoms with E-state index in [0.717, 1.165) is 38.3 Å². The first-order valence-electron chi connectivity index (χ1n) is 7.45. The molecule has 0 aliphatic carbocycles. The number of carbonyl (C=O) groups excluding carboxylic acids is 1. The van der Waals surface area contributed by atoms with E-state index in [9.17, 15) is 13.6 Å². The molecule has 1 N–H and O–H groups in total. The first-order valence-corrected chi connectivity index (χ1v) is 7.45. The molecule has 0 radical (unpaired) electrons. The molecule has 0 amide bonds. The monoisotopic (exact) mass is 297 g/mol. The van der Waals surface area contributed by atoms with Gasteiger partial charge in [-0.1, -0.05) is 6.07 Å². The van der Waals surface area contributed by atoms with Gasteiger partial charge in [-0.15, -0.1) is 0 Å². The van der Waals surface area contributed by atoms with Gasteiger partial charge in [0.25, 0.3) is 0 Å². The molecule has 0 spiro atoms. The molecule has 1 fully saturated rings. The van der Waals surface area contributed by atoms with Crippen molar-refractivity contribution in [3.63, 3.8) is 0 Å². The minimum Gasteiger partial charge on any atom is -0.396 e. The quantitative estimate of drug-likeness (QED) is 0.787. The van der Waals surface area contributed by atoms with Gasteiger partial charge in [-0.05, 0) is 44.4 Å². The SMILES string of the molecule is O=C(CCN1CCCC1CCCO)c1cccc(F)c1F. The summed E-state index contributed by atoms with van der Waals surface area (Å²) in [7, 11) is 0. The summed E-state index contributed by atoms with van der Waals surface area (Å²) in [4.78, 5) is 14.2. The number of aliphatic hydroxyl groups is 1. The molecule has 21 heavy (non-hydrogen) atoms. The third-order valence-corrected chi connectivity index (χ3v) is 4.07. The highest BCUT2D eigenvalue weighted by Crippen LogP contribution is 2.22. The van der Waals surface area contributed by atoms with Crippen molar-refractivity contribution in [3.8, 4) is 0 Å². The molecule has 1 aromatic rings. The number of rotatable bonds is 7. The molecule has 1 aromatic carbocycles. The van der Waals surface area contributed by atoms with Crippen LogP contribution in [0.2, 0.25) is 0 Å². The van der Waals surface area contributed by atoms with Crippen LogP contribution in [0.3, 0.4) is 0 Å². The molecule has 2 rings (SSSR count). The van der Waals surface area contributed by atoms with Gasteiger partial charge >= 0.3 is 0 Å². The predicted octanol–water partition coefficient (Wildman–Crippen LogP) is 2.77. The largest absolute Gasteiger partial charge is 0.396 e. The normalized spacial score (nSPS) is 19.1. The fraction of sp³-hybridized carbons (Fsp3) is 0.562. The van der Waals surface area contributed by atoms with E-state index in [1.807, 2.05) is 0 Å². The Labute approximate surface area is 123 Å². The minimum absolute atomic E-state index is 0.166. The van der Waals surface area contributed by atoms with Crippen LogP contribution < -0.4 is 0 Å². The lowest BCUT2D eigenvalue weighted by Crippen LogP contribution is -2.31. The van der Waals surface area contributed by atoms with Crippen molar-refractivity contribution in [1.29, 1.82) is 0 Å². The summed E-state index contributed by atoms with van der Waals surface area (Å²) in [5.41, 5.74) is -0.166. The molecule has 0 aromatic heterocycles. The van der Waals surface area contributed by atoms with Crippen molar-refractivity contribution in [2.45, 2.75) is 38.1 Å². The maximum absolute atomic E-state index is 13.6. The summed E-state index contributed by atoms with van der Waals surface area (Å²) in [6, 6.07) is 4.08. The van der Waals surface area contributed by atoms with E-state index in [1.54, 1.807) is 0 Å². The summed E-state index contributed by atoms with van der Waals surface area (Å²) in [6.45, 7) is 1.66. The van der Waals surface area contributed by atoms with Crippen LogP contribution in [0.4, 0.5) is 8.78 Å². The molecule has 1 atom stereocenters. The van der Waals surface area contributed by atoms with Gasteiger partial charge in [0, 0.05) is 25.6 Å². The van der Waals surface area contributed by atoms with Crippen LogP contribution in [0.15, 0.2) is 18.2 Å². The highest BCUT2D eigenvalue weighted by Gasteiger charge is 2.25. The number of hydrogen-bond donors (Lipinski definition) is 1. The molecule has 5 heteroatoms. The number of likely N-dealkylation sites (tertiary alicyclic amines) is 1. The number of aliphatic hydroxyl groups excluding tert-OH is 1. The van der Waals surface area contributed by atoms with E-state index < -0.39 is 11.6 Å². The Bertz CT molecular complexity index is 493. The second-order valence-electron chi connectivity index (χ2n) is 5.47. The third kappa shape index (κ3) is 4.08. The third-order valence-electron chi connectivity index (χ3n) is 4.07. The van der Waals surface area contributed by atoms with Gasteiger partial charge in [-0.3, -0.25) is 9.69 Å². The van der Waals surface area contributed by atoms with E-state index in [2.05, 4.69) is 4.90 Å². The van der Waals surface area contributed by atoms with Gasteiger partial charge in [0.2, 0.25) is 0 Å². The van der Waals surface area contributed by atoms with Gasteiger partial charge in [-0.25, -0.2) is 8.78 Å². The van der Waals surface area contributed by atoms with E-state index in [4.69, 9.17) is 5.11 Å². The van der Waals surface area contributed by atoms with Crippen molar-refractivity contribution in [3.05, 3.63) is 35.4 Å². The van der Waals surface area contributed by atoms with Crippen LogP contribution in [0, 0.1) is 11.6 Å². The van der Waals surface area contributed by atoms with Crippen LogP contribution in [0.1, 0.15) is 42.5 Å². The summed E-state index contributed by atoms with van der Waals surface area (Å²) < 4.78 is 26.7. The fourth-order valence-electron chi connectivity index (χ4n) is 2.94. The Morgan fingerprint density at radius 1 is 1.38 bits per heavy atom. The van der Waals surface area contributed by atoms with Crippen LogP contribution in [-0.2, 0) is 0 Å². The first-order chi connectivity index (χ1) is 10.1. The lowest BCUT2D eigenvalue weighted by molar-refractivity contribution is 0.0953. The Morgan fingerprint density at radius 3 is 2.95 bits per heavy atom. The van der Waals surface area contributed by atoms with Gasteiger partial charge in [0.05, 0.1) is 5.56 Å². The number of benzene rings is 1. The van der Waals surface area contributed by atoms with Crippen molar-refractivity contribution < 1.29 is 18.7 Å². The van der Waals surface area contributed by atoms with Crippen molar-refractivity contribution >= 4 is 5.78 Å². The minimum atomic E-state index is -1.05. The maximum Gasteiger partial charge on any atom is 0.169 e. The Balaban J connectivity index is 1.90. The van der Waals surface area contributed by atoms with Crippen LogP contribution in [-0.4, -0.2) is 41.5 Å². The summed E-state index contributed by atoms with van der Waals surface area (Å²) >= 11 is 0. The van der Waals surface area contributed by atoms with E-state index in [1.165, 1.54) is 12.1 Å². The maximum atomic E-state index is 13.6. The first kappa shape index (κ1) is 16.0. The highest BCUT2D eigenvalue weighted by molar-refractivity contribution is 5.96. The number of nitrogens with zero attached hydrogens (tertiary/aromatic N) is 1. The summed E-state index contributed by atoms with van der Waals surface area (Å²) in [5.74, 6) is -2.40. The number of carbonyl (C=O) groups is 1. The molecule has 1 saturated heterocycles. The van der Waals surface area contributed by atoms with Gasteiger partial charge in [-0.2, -0.15) is 0 Å². The number of halogens is 2. The second-order valence-corrected chi connectivity index (χ2v) is 5.47. The molecule has 1 aliphatic rings. The zero-order valence-electron chi connectivity index (χ0n) is 12.0. The zero-order chi connectivity index (χ0) is 15.2. The van der Waals surface area contributed by atoms with Gasteiger partial charge in [0.15, 0.2) is 17.4 Å². The molecule has 3 nitrogen and oxygen atoms in total. The predicted molar refractivity (Wildman–Crippen MR) is 76.2 cm³/mol. The van der Waals surface area contributed by atoms with Crippen molar-refractivity contribution in [1.82, 2.24) is 4.90 Å². The Morgan fingerprint density at radius 2 is 2.19 bits per heavy atom. The van der Waals surface area contributed by atoms with E-state index in [0.29, 0.717) is 12.6 Å². The van der Waals surface area contributed by atoms with Crippen molar-refractivity contribution in [2.24, 2.45) is 0 Å². The molecular formula is C16H21F2NO2. The Hall–Kier alpha value is -1.33. The number of Topliss-reactive ketones (excluding diaryl/α,β-unsaturated/α-hetero) is 1. The lowest BCUT2D eigenvalue weighted by Gasteiger charge is -2.23. The van der Waals surface area contributed by atoms with Crippen LogP contribution in [0.25, 0.3) is 0 Å². The standard InChI is InChI=1S/C16H21F2NO2/c17-14-7-1-6-13(16(14)18)15(21)8-10-19-9-2-4-12(19)5-3-11-20/h1,6-7,12,20H,2-5,8-11H2. The Kier molecular flexibility index (Phi) is 5.82. The lowest BCUT2D eigenvalue weighted by atomic mass is 10.1. The molecule has 1 heterocycles. The van der Waals surface area contributed by atoms with E-state index in [-0.39, 0.29) is 24.4 Å². The van der Waals surface area contributed by atoms with Crippen LogP contribution in [0.5, 0.6) is 0 Å². The number of hydrogen-bond acceptors (Lipinski definition) is 3. The van der Waals surface area contributed by atoms with Crippen molar-refractivity contribution in [2.75, 3.05) is 19.7 Å². The molecule has 1 aliphatic heterocycles. The van der Waals surface area contributed by atoms with E-state index >= 15 is 0 Å². The van der Waals surface area contributed by atoms with Crippen LogP contribution >= 0.6 is 0 Å². The average molecular weight is 297 g/mol. The summed E-state index contributed by atoms with van der Waals surface area (Å²) in [6.07, 6.45) is 4.02. The fourth-order valence-corrected chi connectivity index (χ4v) is 2.94. The second kappa shape index (κ2) is 7.61. The zero-order valence-corrected chi connectivity index (χ0v) is 12.0. The molecular weight excluding hydrogens is 276 g/mol. The number of ketones is 1. The average Bonchev–Trinajstić information content (AvgIpc) is 2.93.